The van der Waals surface area contributed by atoms with E-state index in [0.717, 1.165) is 5.76 Å². The molecule has 1 fully saturated rings. The smallest absolute Gasteiger partial charge is 0.339 e. The maximum absolute atomic E-state index is 13.0. The van der Waals surface area contributed by atoms with Gasteiger partial charge in [-0.3, -0.25) is 4.79 Å². The Balaban J connectivity index is 1.58. The first-order valence-electron chi connectivity index (χ1n) is 11.3. The van der Waals surface area contributed by atoms with Crippen molar-refractivity contribution < 1.29 is 18.7 Å². The first kappa shape index (κ1) is 23.0. The molecule has 32 heavy (non-hydrogen) atoms. The number of thioether (sulfide) groups is 1. The lowest BCUT2D eigenvalue weighted by Crippen LogP contribution is -2.39. The number of methoxy groups -OCH3 is 1. The molecule has 5 nitrogen and oxygen atoms in total. The van der Waals surface area contributed by atoms with E-state index in [-0.39, 0.29) is 22.5 Å². The molecule has 0 saturated carbocycles. The lowest BCUT2D eigenvalue weighted by Gasteiger charge is -2.42. The topological polar surface area (TPSA) is 59.8 Å². The van der Waals surface area contributed by atoms with E-state index in [2.05, 4.69) is 46.8 Å². The van der Waals surface area contributed by atoms with Gasteiger partial charge in [0.1, 0.15) is 5.76 Å². The molecule has 6 heteroatoms. The zero-order chi connectivity index (χ0) is 23.3. The summed E-state index contributed by atoms with van der Waals surface area (Å²) in [5, 5.41) is -0.602. The number of hydrogen-bond acceptors (Lipinski definition) is 5. The van der Waals surface area contributed by atoms with Crippen molar-refractivity contribution in [2.75, 3.05) is 19.4 Å². The van der Waals surface area contributed by atoms with Crippen molar-refractivity contribution in [3.63, 3.8) is 0 Å². The summed E-state index contributed by atoms with van der Waals surface area (Å²) >= 11 is 1.42. The Morgan fingerprint density at radius 1 is 1.12 bits per heavy atom. The second kappa shape index (κ2) is 8.29. The highest BCUT2D eigenvalue weighted by atomic mass is 32.2. The number of carbonyl (C=O) groups excluding carboxylic acids is 2. The van der Waals surface area contributed by atoms with Crippen LogP contribution in [0, 0.1) is 6.92 Å². The Bertz CT molecular complexity index is 1050. The van der Waals surface area contributed by atoms with Crippen LogP contribution in [0.15, 0.2) is 28.7 Å². The molecule has 2 aromatic rings. The molecule has 172 valence electrons. The number of benzene rings is 1. The molecule has 1 atom stereocenters. The van der Waals surface area contributed by atoms with Crippen LogP contribution < -0.4 is 0 Å². The van der Waals surface area contributed by atoms with Crippen LogP contribution in [-0.2, 0) is 26.8 Å². The summed E-state index contributed by atoms with van der Waals surface area (Å²) in [6.07, 6.45) is 3.00. The van der Waals surface area contributed by atoms with E-state index in [0.29, 0.717) is 18.7 Å². The first-order chi connectivity index (χ1) is 15.0. The van der Waals surface area contributed by atoms with Crippen LogP contribution in [0.4, 0.5) is 0 Å². The molecular weight excluding hydrogens is 422 g/mol. The zero-order valence-electron chi connectivity index (χ0n) is 19.9. The van der Waals surface area contributed by atoms with Crippen LogP contribution in [0.3, 0.4) is 0 Å². The van der Waals surface area contributed by atoms with Gasteiger partial charge in [0.05, 0.1) is 7.11 Å². The molecule has 1 saturated heterocycles. The van der Waals surface area contributed by atoms with Gasteiger partial charge in [0, 0.05) is 18.7 Å². The van der Waals surface area contributed by atoms with Gasteiger partial charge >= 0.3 is 5.97 Å². The molecule has 2 aliphatic rings. The van der Waals surface area contributed by atoms with Crippen molar-refractivity contribution in [1.29, 1.82) is 0 Å². The number of aryl methyl sites for hydroxylation is 1. The average molecular weight is 456 g/mol. The lowest BCUT2D eigenvalue weighted by molar-refractivity contribution is -0.142. The second-order valence-corrected chi connectivity index (χ2v) is 11.5. The normalized spacial score (nSPS) is 21.3. The molecule has 4 rings (SSSR count). The number of rotatable bonds is 4. The highest BCUT2D eigenvalue weighted by molar-refractivity contribution is 8.00. The van der Waals surface area contributed by atoms with Crippen molar-refractivity contribution in [2.45, 2.75) is 70.1 Å². The standard InChI is InChI=1S/C26H33NO4S/c1-16-13-19-20(26(4,5)10-9-25(19,2)3)15-17(16)14-18-7-8-21(31-18)22(28)27-11-12-32-23(27)24(29)30-6/h7-8,13,15,23H,9-12,14H2,1-6H3. The summed E-state index contributed by atoms with van der Waals surface area (Å²) in [6, 6.07) is 8.29. The summed E-state index contributed by atoms with van der Waals surface area (Å²) < 4.78 is 10.8. The molecule has 1 aliphatic heterocycles. The van der Waals surface area contributed by atoms with Gasteiger partial charge in [-0.25, -0.2) is 4.79 Å². The molecule has 0 N–H and O–H groups in total. The van der Waals surface area contributed by atoms with Crippen molar-refractivity contribution in [3.05, 3.63) is 58.0 Å². The van der Waals surface area contributed by atoms with Crippen molar-refractivity contribution in [3.8, 4) is 0 Å². The predicted octanol–water partition coefficient (Wildman–Crippen LogP) is 5.22. The number of nitrogens with zero attached hydrogens (tertiary/aromatic N) is 1. The summed E-state index contributed by atoms with van der Waals surface area (Å²) in [7, 11) is 1.35. The van der Waals surface area contributed by atoms with Crippen LogP contribution in [0.2, 0.25) is 0 Å². The number of fused-ring (bicyclic) bond motifs is 1. The number of ether oxygens (including phenoxy) is 1. The molecule has 1 aromatic heterocycles. The van der Waals surface area contributed by atoms with E-state index in [1.807, 2.05) is 6.07 Å². The molecular formula is C26H33NO4S. The molecule has 0 spiro atoms. The molecule has 1 aliphatic carbocycles. The van der Waals surface area contributed by atoms with E-state index < -0.39 is 11.3 Å². The zero-order valence-corrected chi connectivity index (χ0v) is 20.7. The van der Waals surface area contributed by atoms with Crippen LogP contribution >= 0.6 is 11.8 Å². The maximum atomic E-state index is 13.0. The minimum absolute atomic E-state index is 0.147. The van der Waals surface area contributed by atoms with Gasteiger partial charge in [-0.1, -0.05) is 39.8 Å². The third kappa shape index (κ3) is 4.09. The quantitative estimate of drug-likeness (QED) is 0.592. The third-order valence-corrected chi connectivity index (χ3v) is 8.28. The van der Waals surface area contributed by atoms with E-state index in [4.69, 9.17) is 9.15 Å². The van der Waals surface area contributed by atoms with Gasteiger partial charge in [0.15, 0.2) is 11.1 Å². The lowest BCUT2D eigenvalue weighted by atomic mass is 9.62. The molecule has 0 bridgehead atoms. The van der Waals surface area contributed by atoms with Crippen molar-refractivity contribution in [2.24, 2.45) is 0 Å². The Morgan fingerprint density at radius 3 is 2.44 bits per heavy atom. The Morgan fingerprint density at radius 2 is 1.78 bits per heavy atom. The Hall–Kier alpha value is -2.21. The van der Waals surface area contributed by atoms with Crippen LogP contribution in [0.1, 0.15) is 79.1 Å². The monoisotopic (exact) mass is 455 g/mol. The minimum Gasteiger partial charge on any atom is -0.467 e. The number of furan rings is 1. The number of hydrogen-bond donors (Lipinski definition) is 0. The molecule has 1 unspecified atom stereocenters. The summed E-state index contributed by atoms with van der Waals surface area (Å²) in [5.74, 6) is 1.07. The van der Waals surface area contributed by atoms with Crippen LogP contribution in [0.5, 0.6) is 0 Å². The summed E-state index contributed by atoms with van der Waals surface area (Å²) in [4.78, 5) is 26.5. The van der Waals surface area contributed by atoms with Crippen molar-refractivity contribution in [1.82, 2.24) is 4.90 Å². The van der Waals surface area contributed by atoms with Crippen LogP contribution in [-0.4, -0.2) is 41.6 Å². The molecule has 0 radical (unpaired) electrons. The Kier molecular flexibility index (Phi) is 5.95. The van der Waals surface area contributed by atoms with Gasteiger partial charge < -0.3 is 14.1 Å². The number of carbonyl (C=O) groups is 2. The van der Waals surface area contributed by atoms with E-state index in [9.17, 15) is 9.59 Å². The predicted molar refractivity (Wildman–Crippen MR) is 127 cm³/mol. The third-order valence-electron chi connectivity index (χ3n) is 7.10. The van der Waals surface area contributed by atoms with Gasteiger partial charge in [-0.2, -0.15) is 0 Å². The summed E-state index contributed by atoms with van der Waals surface area (Å²) in [6.45, 7) is 12.0. The minimum atomic E-state index is -0.602. The number of amides is 1. The van der Waals surface area contributed by atoms with E-state index in [1.54, 1.807) is 6.07 Å². The Labute approximate surface area is 194 Å². The molecule has 2 heterocycles. The van der Waals surface area contributed by atoms with E-state index >= 15 is 0 Å². The highest BCUT2D eigenvalue weighted by Gasteiger charge is 2.38. The maximum Gasteiger partial charge on any atom is 0.339 e. The summed E-state index contributed by atoms with van der Waals surface area (Å²) in [5.41, 5.74) is 5.68. The fraction of sp³-hybridized carbons (Fsp3) is 0.538. The highest BCUT2D eigenvalue weighted by Crippen LogP contribution is 2.46. The first-order valence-corrected chi connectivity index (χ1v) is 12.3. The number of esters is 1. The fourth-order valence-corrected chi connectivity index (χ4v) is 5.99. The van der Waals surface area contributed by atoms with E-state index in [1.165, 1.54) is 58.9 Å². The SMILES string of the molecule is COC(=O)C1SCCN1C(=O)c1ccc(Cc2cc3c(cc2C)C(C)(C)CCC3(C)C)o1. The molecule has 1 amide bonds. The second-order valence-electron chi connectivity index (χ2n) is 10.3. The van der Waals surface area contributed by atoms with Gasteiger partial charge in [0.25, 0.3) is 5.91 Å². The van der Waals surface area contributed by atoms with Crippen LogP contribution in [0.25, 0.3) is 0 Å². The van der Waals surface area contributed by atoms with Gasteiger partial charge in [-0.15, -0.1) is 11.8 Å². The average Bonchev–Trinajstić information content (AvgIpc) is 3.41. The van der Waals surface area contributed by atoms with Crippen molar-refractivity contribution >= 4 is 23.6 Å². The van der Waals surface area contributed by atoms with Gasteiger partial charge in [0.2, 0.25) is 0 Å². The largest absolute Gasteiger partial charge is 0.467 e. The fourth-order valence-electron chi connectivity index (χ4n) is 4.85. The van der Waals surface area contributed by atoms with Gasteiger partial charge in [-0.05, 0) is 65.0 Å². The molecule has 1 aromatic carbocycles.